The van der Waals surface area contributed by atoms with E-state index < -0.39 is 0 Å². The van der Waals surface area contributed by atoms with Crippen molar-refractivity contribution in [1.82, 2.24) is 0 Å². The third kappa shape index (κ3) is 41.3. The maximum Gasteiger partial charge on any atom is 0.145 e. The van der Waals surface area contributed by atoms with E-state index in [4.69, 9.17) is 4.74 Å². The average Bonchev–Trinajstić information content (AvgIpc) is 3.18. The van der Waals surface area contributed by atoms with E-state index in [1.807, 2.05) is 0 Å². The Morgan fingerprint density at radius 2 is 0.444 bits per heavy atom. The molecule has 2 nitrogen and oxygen atoms in total. The first-order valence-corrected chi connectivity index (χ1v) is 25.8. The van der Waals surface area contributed by atoms with Crippen molar-refractivity contribution in [2.24, 2.45) is 0 Å². The summed E-state index contributed by atoms with van der Waals surface area (Å²) in [6.45, 7) is 7.21. The second kappa shape index (κ2) is 47.0. The fourth-order valence-electron chi connectivity index (χ4n) is 8.90. The van der Waals surface area contributed by atoms with Gasteiger partial charge >= 0.3 is 0 Å². The van der Waals surface area contributed by atoms with Gasteiger partial charge in [-0.15, -0.1) is 0 Å². The van der Waals surface area contributed by atoms with Gasteiger partial charge in [0.1, 0.15) is 12.9 Å². The van der Waals surface area contributed by atoms with E-state index >= 15 is 0 Å². The zero-order valence-electron chi connectivity index (χ0n) is 38.1. The van der Waals surface area contributed by atoms with E-state index in [1.165, 1.54) is 276 Å². The van der Waals surface area contributed by atoms with Gasteiger partial charge in [0, 0.05) is 0 Å². The first-order valence-electron chi connectivity index (χ1n) is 25.8. The summed E-state index contributed by atoms with van der Waals surface area (Å²) in [5, 5.41) is 0. The SMILES string of the molecule is CCCCCCCCCCCCCCCCCC(CCCCCCCCCCCCCCCC)(CCCCCCCCCCCCCCCC)OCC=O. The molecule has 0 N–H and O–H groups in total. The first-order chi connectivity index (χ1) is 26.7. The van der Waals surface area contributed by atoms with Crippen LogP contribution in [0.25, 0.3) is 0 Å². The number of hydrogen-bond acceptors (Lipinski definition) is 2. The smallest absolute Gasteiger partial charge is 0.145 e. The Balaban J connectivity index is 4.42. The van der Waals surface area contributed by atoms with Crippen LogP contribution in [-0.2, 0) is 9.53 Å². The summed E-state index contributed by atoms with van der Waals surface area (Å²) in [7, 11) is 0. The number of unbranched alkanes of at least 4 members (excludes halogenated alkanes) is 40. The van der Waals surface area contributed by atoms with E-state index in [0.717, 1.165) is 25.5 Å². The van der Waals surface area contributed by atoms with E-state index in [9.17, 15) is 4.79 Å². The molecule has 0 spiro atoms. The van der Waals surface area contributed by atoms with E-state index in [-0.39, 0.29) is 12.2 Å². The van der Waals surface area contributed by atoms with Crippen molar-refractivity contribution in [3.63, 3.8) is 0 Å². The molecule has 54 heavy (non-hydrogen) atoms. The summed E-state index contributed by atoms with van der Waals surface area (Å²) < 4.78 is 6.56. The number of carbonyl (C=O) groups is 1. The molecule has 0 heterocycles. The molecule has 0 atom stereocenters. The van der Waals surface area contributed by atoms with Crippen LogP contribution in [0, 0.1) is 0 Å². The van der Waals surface area contributed by atoms with Crippen molar-refractivity contribution in [2.45, 2.75) is 322 Å². The van der Waals surface area contributed by atoms with E-state index in [0.29, 0.717) is 0 Å². The van der Waals surface area contributed by atoms with Crippen molar-refractivity contribution in [2.75, 3.05) is 6.61 Å². The lowest BCUT2D eigenvalue weighted by molar-refractivity contribution is -0.122. The average molecular weight is 761 g/mol. The van der Waals surface area contributed by atoms with Crippen LogP contribution >= 0.6 is 0 Å². The minimum Gasteiger partial charge on any atom is -0.368 e. The molecule has 0 aromatic carbocycles. The second-order valence-electron chi connectivity index (χ2n) is 18.1. The molecule has 0 radical (unpaired) electrons. The molecule has 0 amide bonds. The summed E-state index contributed by atoms with van der Waals surface area (Å²) >= 11 is 0. The summed E-state index contributed by atoms with van der Waals surface area (Å²) in [5.41, 5.74) is -0.0638. The minimum atomic E-state index is -0.0638. The Labute approximate surface area is 343 Å². The Hall–Kier alpha value is -0.370. The van der Waals surface area contributed by atoms with Gasteiger partial charge in [0.2, 0.25) is 0 Å². The monoisotopic (exact) mass is 761 g/mol. The molecule has 0 saturated carbocycles. The Kier molecular flexibility index (Phi) is 46.7. The predicted molar refractivity (Wildman–Crippen MR) is 244 cm³/mol. The molecule has 0 fully saturated rings. The Bertz CT molecular complexity index is 641. The van der Waals surface area contributed by atoms with Crippen LogP contribution in [0.2, 0.25) is 0 Å². The topological polar surface area (TPSA) is 26.3 Å². The molecule has 0 aliphatic carbocycles. The molecule has 0 unspecified atom stereocenters. The van der Waals surface area contributed by atoms with Gasteiger partial charge in [-0.1, -0.05) is 297 Å². The number of rotatable bonds is 49. The van der Waals surface area contributed by atoms with Crippen molar-refractivity contribution >= 4 is 6.29 Å². The van der Waals surface area contributed by atoms with E-state index in [2.05, 4.69) is 20.8 Å². The normalized spacial score (nSPS) is 11.9. The standard InChI is InChI=1S/C52H104O2/c1-4-7-10-13-16-19-22-25-28-31-34-37-40-43-46-49-52(54-51-50-53,47-44-41-38-35-32-29-26-23-20-17-14-11-8-5-2)48-45-42-39-36-33-30-27-24-21-18-15-12-9-6-3/h50H,4-49,51H2,1-3H3. The van der Waals surface area contributed by atoms with Crippen molar-refractivity contribution in [3.8, 4) is 0 Å². The highest BCUT2D eigenvalue weighted by molar-refractivity contribution is 5.50. The molecule has 0 aliphatic rings. The second-order valence-corrected chi connectivity index (χ2v) is 18.1. The number of ether oxygens (including phenoxy) is 1. The van der Waals surface area contributed by atoms with Gasteiger partial charge in [0.25, 0.3) is 0 Å². The molecule has 0 aromatic heterocycles. The lowest BCUT2D eigenvalue weighted by Gasteiger charge is -2.34. The lowest BCUT2D eigenvalue weighted by atomic mass is 9.84. The number of aldehydes is 1. The molecule has 0 aromatic rings. The number of hydrogen-bond donors (Lipinski definition) is 0. The molecular weight excluding hydrogens is 657 g/mol. The van der Waals surface area contributed by atoms with Crippen LogP contribution in [0.5, 0.6) is 0 Å². The fourth-order valence-corrected chi connectivity index (χ4v) is 8.90. The van der Waals surface area contributed by atoms with Gasteiger partial charge in [0.15, 0.2) is 0 Å². The maximum atomic E-state index is 11.5. The maximum absolute atomic E-state index is 11.5. The summed E-state index contributed by atoms with van der Waals surface area (Å²) in [5.74, 6) is 0. The highest BCUT2D eigenvalue weighted by atomic mass is 16.5. The van der Waals surface area contributed by atoms with Crippen LogP contribution in [0.4, 0.5) is 0 Å². The van der Waals surface area contributed by atoms with E-state index in [1.54, 1.807) is 0 Å². The van der Waals surface area contributed by atoms with Crippen molar-refractivity contribution < 1.29 is 9.53 Å². The lowest BCUT2D eigenvalue weighted by Crippen LogP contribution is -2.33. The molecule has 0 rings (SSSR count). The van der Waals surface area contributed by atoms with Crippen LogP contribution in [0.1, 0.15) is 316 Å². The minimum absolute atomic E-state index is 0.0638. The third-order valence-electron chi connectivity index (χ3n) is 12.7. The van der Waals surface area contributed by atoms with Crippen molar-refractivity contribution in [3.05, 3.63) is 0 Å². The zero-order valence-corrected chi connectivity index (χ0v) is 38.1. The van der Waals surface area contributed by atoms with Gasteiger partial charge in [-0.2, -0.15) is 0 Å². The van der Waals surface area contributed by atoms with Crippen molar-refractivity contribution in [1.29, 1.82) is 0 Å². The molecule has 0 saturated heterocycles. The summed E-state index contributed by atoms with van der Waals surface area (Å²) in [6.07, 6.45) is 65.0. The molecule has 2 heteroatoms. The molecule has 0 aliphatic heterocycles. The molecular formula is C52H104O2. The summed E-state index contributed by atoms with van der Waals surface area (Å²) in [4.78, 5) is 11.5. The highest BCUT2D eigenvalue weighted by Gasteiger charge is 2.29. The van der Waals surface area contributed by atoms with Crippen LogP contribution in [0.15, 0.2) is 0 Å². The largest absolute Gasteiger partial charge is 0.368 e. The Morgan fingerprint density at radius 1 is 0.278 bits per heavy atom. The summed E-state index contributed by atoms with van der Waals surface area (Å²) in [6, 6.07) is 0. The quantitative estimate of drug-likeness (QED) is 0.0456. The predicted octanol–water partition coefficient (Wildman–Crippen LogP) is 18.9. The Morgan fingerprint density at radius 3 is 0.611 bits per heavy atom. The van der Waals surface area contributed by atoms with Gasteiger partial charge in [-0.25, -0.2) is 0 Å². The fraction of sp³-hybridized carbons (Fsp3) is 0.981. The first kappa shape index (κ1) is 53.6. The van der Waals surface area contributed by atoms with Gasteiger partial charge < -0.3 is 9.53 Å². The van der Waals surface area contributed by atoms with Crippen LogP contribution in [0.3, 0.4) is 0 Å². The van der Waals surface area contributed by atoms with Gasteiger partial charge in [0.05, 0.1) is 5.60 Å². The van der Waals surface area contributed by atoms with Crippen LogP contribution in [-0.4, -0.2) is 18.5 Å². The van der Waals surface area contributed by atoms with Crippen LogP contribution < -0.4 is 0 Å². The third-order valence-corrected chi connectivity index (χ3v) is 12.7. The van der Waals surface area contributed by atoms with Gasteiger partial charge in [-0.05, 0) is 19.3 Å². The zero-order chi connectivity index (χ0) is 39.1. The highest BCUT2D eigenvalue weighted by Crippen LogP contribution is 2.33. The molecule has 324 valence electrons. The van der Waals surface area contributed by atoms with Gasteiger partial charge in [-0.3, -0.25) is 0 Å². The molecule has 0 bridgehead atoms. The number of carbonyl (C=O) groups excluding carboxylic acids is 1.